The summed E-state index contributed by atoms with van der Waals surface area (Å²) in [5.41, 5.74) is 3.09. The first-order valence-corrected chi connectivity index (χ1v) is 12.1. The first kappa shape index (κ1) is 23.4. The number of nitrogens with one attached hydrogen (secondary N) is 1. The molecule has 0 unspecified atom stereocenters. The van der Waals surface area contributed by atoms with Crippen LogP contribution < -0.4 is 10.9 Å². The molecule has 1 aliphatic rings. The molecule has 9 heteroatoms. The molecule has 0 atom stereocenters. The predicted octanol–water partition coefficient (Wildman–Crippen LogP) is 4.10. The van der Waals surface area contributed by atoms with Gasteiger partial charge in [0.15, 0.2) is 0 Å². The van der Waals surface area contributed by atoms with E-state index in [0.29, 0.717) is 23.6 Å². The second-order valence-electron chi connectivity index (χ2n) is 9.09. The summed E-state index contributed by atoms with van der Waals surface area (Å²) in [6.07, 6.45) is 0. The van der Waals surface area contributed by atoms with Crippen LogP contribution in [0.5, 0.6) is 0 Å². The third kappa shape index (κ3) is 4.24. The third-order valence-electron chi connectivity index (χ3n) is 6.53. The monoisotopic (exact) mass is 507 g/mol. The molecule has 1 aliphatic heterocycles. The summed E-state index contributed by atoms with van der Waals surface area (Å²) in [4.78, 5) is 41.9. The Balaban J connectivity index is 1.44. The predicted molar refractivity (Wildman–Crippen MR) is 140 cm³/mol. The molecule has 0 radical (unpaired) electrons. The summed E-state index contributed by atoms with van der Waals surface area (Å²) in [5, 5.41) is 7.27. The Bertz CT molecular complexity index is 1730. The first-order chi connectivity index (χ1) is 18.5. The smallest absolute Gasteiger partial charge is 0.280 e. The Morgan fingerprint density at radius 3 is 2.32 bits per heavy atom. The molecule has 188 valence electrons. The molecule has 0 spiro atoms. The van der Waals surface area contributed by atoms with Gasteiger partial charge in [-0.2, -0.15) is 9.61 Å². The van der Waals surface area contributed by atoms with Crippen LogP contribution in [0, 0.1) is 5.82 Å². The second kappa shape index (κ2) is 9.44. The molecule has 1 N–H and O–H groups in total. The summed E-state index contributed by atoms with van der Waals surface area (Å²) < 4.78 is 16.1. The molecule has 3 heterocycles. The molecule has 6 rings (SSSR count). The molecule has 0 fully saturated rings. The van der Waals surface area contributed by atoms with Gasteiger partial charge >= 0.3 is 0 Å². The molecular weight excluding hydrogens is 485 g/mol. The maximum Gasteiger partial charge on any atom is 0.280 e. The van der Waals surface area contributed by atoms with Gasteiger partial charge in [-0.3, -0.25) is 14.4 Å². The Labute approximate surface area is 216 Å². The van der Waals surface area contributed by atoms with Crippen LogP contribution in [-0.4, -0.2) is 30.9 Å². The van der Waals surface area contributed by atoms with Crippen molar-refractivity contribution in [1.82, 2.24) is 19.1 Å². The highest BCUT2D eigenvalue weighted by atomic mass is 19.1. The number of hydrogen-bond acceptors (Lipinski definition) is 4. The van der Waals surface area contributed by atoms with Gasteiger partial charge in [0.2, 0.25) is 5.91 Å². The van der Waals surface area contributed by atoms with Crippen LogP contribution in [-0.2, 0) is 24.4 Å². The van der Waals surface area contributed by atoms with Gasteiger partial charge < -0.3 is 14.8 Å². The quantitative estimate of drug-likeness (QED) is 0.375. The molecule has 2 aromatic heterocycles. The zero-order valence-electron chi connectivity index (χ0n) is 20.2. The van der Waals surface area contributed by atoms with Gasteiger partial charge in [-0.25, -0.2) is 4.39 Å². The molecular formula is C29H22FN5O3. The van der Waals surface area contributed by atoms with Crippen molar-refractivity contribution >= 4 is 23.1 Å². The molecule has 2 amide bonds. The standard InChI is InChI=1S/C29H22FN5O3/c30-21-11-13-22(14-12-21)31-25(36)18-34-26-15-24(20-9-5-2-6-10-20)32-35(26)28(37)23-17-33(29(38)27(23)34)16-19-7-3-1-4-8-19/h1-15H,16-18H2,(H,31,36). The number of aromatic nitrogens is 3. The van der Waals surface area contributed by atoms with Crippen molar-refractivity contribution in [3.05, 3.63) is 124 Å². The SMILES string of the molecule is O=C(Cn1c2c(c(=O)n3nc(-c4ccccc4)cc13)CN(Cc1ccccc1)C2=O)Nc1ccc(F)cc1. The van der Waals surface area contributed by atoms with Gasteiger partial charge in [-0.05, 0) is 29.8 Å². The number of fused-ring (bicyclic) bond motifs is 2. The van der Waals surface area contributed by atoms with Crippen molar-refractivity contribution in [2.75, 3.05) is 5.32 Å². The third-order valence-corrected chi connectivity index (χ3v) is 6.53. The molecule has 5 aromatic rings. The van der Waals surface area contributed by atoms with Crippen molar-refractivity contribution in [2.24, 2.45) is 0 Å². The van der Waals surface area contributed by atoms with Crippen LogP contribution in [0.4, 0.5) is 10.1 Å². The van der Waals surface area contributed by atoms with E-state index >= 15 is 0 Å². The number of carbonyl (C=O) groups is 2. The molecule has 8 nitrogen and oxygen atoms in total. The zero-order chi connectivity index (χ0) is 26.2. The van der Waals surface area contributed by atoms with E-state index < -0.39 is 17.3 Å². The number of rotatable bonds is 6. The minimum Gasteiger partial charge on any atom is -0.328 e. The van der Waals surface area contributed by atoms with Crippen LogP contribution in [0.3, 0.4) is 0 Å². The Kier molecular flexibility index (Phi) is 5.80. The van der Waals surface area contributed by atoms with E-state index in [9.17, 15) is 18.8 Å². The number of anilines is 1. The Morgan fingerprint density at radius 2 is 1.61 bits per heavy atom. The summed E-state index contributed by atoms with van der Waals surface area (Å²) in [6, 6.07) is 26.0. The van der Waals surface area contributed by atoms with Crippen LogP contribution in [0.15, 0.2) is 95.8 Å². The van der Waals surface area contributed by atoms with Crippen molar-refractivity contribution in [2.45, 2.75) is 19.6 Å². The Morgan fingerprint density at radius 1 is 0.921 bits per heavy atom. The maximum atomic E-state index is 13.6. The number of benzene rings is 3. The van der Waals surface area contributed by atoms with Crippen LogP contribution in [0.1, 0.15) is 21.6 Å². The van der Waals surface area contributed by atoms with E-state index in [1.165, 1.54) is 28.8 Å². The van der Waals surface area contributed by atoms with Crippen LogP contribution in [0.25, 0.3) is 16.9 Å². The van der Waals surface area contributed by atoms with Gasteiger partial charge in [0.25, 0.3) is 11.5 Å². The largest absolute Gasteiger partial charge is 0.328 e. The normalized spacial score (nSPS) is 12.7. The van der Waals surface area contributed by atoms with Gasteiger partial charge in [-0.1, -0.05) is 60.7 Å². The minimum absolute atomic E-state index is 0.109. The lowest BCUT2D eigenvalue weighted by molar-refractivity contribution is -0.116. The van der Waals surface area contributed by atoms with Crippen LogP contribution >= 0.6 is 0 Å². The van der Waals surface area contributed by atoms with Gasteiger partial charge in [0.05, 0.1) is 17.8 Å². The maximum absolute atomic E-state index is 13.6. The van der Waals surface area contributed by atoms with E-state index in [0.717, 1.165) is 11.1 Å². The van der Waals surface area contributed by atoms with Crippen molar-refractivity contribution < 1.29 is 14.0 Å². The highest BCUT2D eigenvalue weighted by Gasteiger charge is 2.35. The average Bonchev–Trinajstić information content (AvgIpc) is 3.52. The fourth-order valence-corrected chi connectivity index (χ4v) is 4.74. The lowest BCUT2D eigenvalue weighted by Gasteiger charge is -2.16. The summed E-state index contributed by atoms with van der Waals surface area (Å²) in [5.74, 6) is -1.18. The number of halogens is 1. The van der Waals surface area contributed by atoms with Gasteiger partial charge in [0.1, 0.15) is 23.7 Å². The van der Waals surface area contributed by atoms with E-state index in [2.05, 4.69) is 10.4 Å². The van der Waals surface area contributed by atoms with Crippen molar-refractivity contribution in [3.8, 4) is 11.3 Å². The molecule has 3 aromatic carbocycles. The minimum atomic E-state index is -0.430. The van der Waals surface area contributed by atoms with Crippen LogP contribution in [0.2, 0.25) is 0 Å². The Hall–Kier alpha value is -5.05. The topological polar surface area (TPSA) is 88.7 Å². The lowest BCUT2D eigenvalue weighted by atomic mass is 10.1. The molecule has 0 bridgehead atoms. The van der Waals surface area contributed by atoms with Gasteiger partial charge in [-0.15, -0.1) is 0 Å². The van der Waals surface area contributed by atoms with Gasteiger partial charge in [0, 0.05) is 23.9 Å². The number of hydrogen-bond donors (Lipinski definition) is 1. The lowest BCUT2D eigenvalue weighted by Crippen LogP contribution is -2.29. The van der Waals surface area contributed by atoms with E-state index in [4.69, 9.17) is 0 Å². The first-order valence-electron chi connectivity index (χ1n) is 12.1. The number of nitrogens with zero attached hydrogens (tertiary/aromatic N) is 4. The van der Waals surface area contributed by atoms with E-state index in [1.54, 1.807) is 15.5 Å². The number of carbonyl (C=O) groups excluding carboxylic acids is 2. The summed E-state index contributed by atoms with van der Waals surface area (Å²) in [6.45, 7) is 0.194. The molecule has 0 saturated carbocycles. The highest BCUT2D eigenvalue weighted by molar-refractivity contribution is 5.98. The van der Waals surface area contributed by atoms with E-state index in [-0.39, 0.29) is 30.3 Å². The average molecular weight is 508 g/mol. The molecule has 38 heavy (non-hydrogen) atoms. The van der Waals surface area contributed by atoms with E-state index in [1.807, 2.05) is 60.7 Å². The van der Waals surface area contributed by atoms with Crippen molar-refractivity contribution in [1.29, 1.82) is 0 Å². The highest BCUT2D eigenvalue weighted by Crippen LogP contribution is 2.26. The zero-order valence-corrected chi connectivity index (χ0v) is 20.2. The number of amides is 2. The molecule has 0 aliphatic carbocycles. The second-order valence-corrected chi connectivity index (χ2v) is 9.09. The summed E-state index contributed by atoms with van der Waals surface area (Å²) >= 11 is 0. The molecule has 0 saturated heterocycles. The van der Waals surface area contributed by atoms with Crippen molar-refractivity contribution in [3.63, 3.8) is 0 Å². The fourth-order valence-electron chi connectivity index (χ4n) is 4.74. The fraction of sp³-hybridized carbons (Fsp3) is 0.103. The summed E-state index contributed by atoms with van der Waals surface area (Å²) in [7, 11) is 0.